The summed E-state index contributed by atoms with van der Waals surface area (Å²) in [6, 6.07) is 12.9. The van der Waals surface area contributed by atoms with E-state index in [0.29, 0.717) is 29.2 Å². The highest BCUT2D eigenvalue weighted by atomic mass is 35.5. The van der Waals surface area contributed by atoms with Gasteiger partial charge in [0.1, 0.15) is 19.0 Å². The topological polar surface area (TPSA) is 90.0 Å². The third-order valence-electron chi connectivity index (χ3n) is 5.09. The average Bonchev–Trinajstić information content (AvgIpc) is 2.77. The van der Waals surface area contributed by atoms with Crippen LogP contribution in [0.5, 0.6) is 5.75 Å². The minimum atomic E-state index is -3.62. The zero-order valence-corrected chi connectivity index (χ0v) is 18.7. The number of para-hydroxylation sites is 1. The van der Waals surface area contributed by atoms with E-state index in [9.17, 15) is 18.0 Å². The smallest absolute Gasteiger partial charge is 0.309 e. The van der Waals surface area contributed by atoms with Crippen LogP contribution in [0.2, 0.25) is 5.02 Å². The van der Waals surface area contributed by atoms with E-state index >= 15 is 0 Å². The molecule has 31 heavy (non-hydrogen) atoms. The molecule has 2 aromatic carbocycles. The zero-order chi connectivity index (χ0) is 22.4. The monoisotopic (exact) mass is 465 g/mol. The number of sulfonamides is 1. The van der Waals surface area contributed by atoms with Crippen LogP contribution >= 0.6 is 11.6 Å². The van der Waals surface area contributed by atoms with Gasteiger partial charge in [0.15, 0.2) is 5.78 Å². The fourth-order valence-corrected chi connectivity index (χ4v) is 4.98. The van der Waals surface area contributed by atoms with E-state index in [1.165, 1.54) is 35.5 Å². The van der Waals surface area contributed by atoms with Gasteiger partial charge in [-0.25, -0.2) is 8.42 Å². The van der Waals surface area contributed by atoms with Crippen LogP contribution in [-0.4, -0.2) is 50.8 Å². The fraction of sp³-hybridized carbons (Fsp3) is 0.364. The standard InChI is InChI=1S/C22H24ClNO6S/c1-16(25)20-4-2-3-5-21(20)29-14-15-30-22(26)17-10-12-24(13-11-17)31(27,28)19-8-6-18(23)7-9-19/h2-9,17H,10-15H2,1H3. The summed E-state index contributed by atoms with van der Waals surface area (Å²) in [7, 11) is -3.62. The first-order chi connectivity index (χ1) is 14.8. The second kappa shape index (κ2) is 10.3. The van der Waals surface area contributed by atoms with Gasteiger partial charge >= 0.3 is 5.97 Å². The number of hydrogen-bond donors (Lipinski definition) is 0. The van der Waals surface area contributed by atoms with Crippen molar-refractivity contribution in [3.8, 4) is 5.75 Å². The largest absolute Gasteiger partial charge is 0.489 e. The van der Waals surface area contributed by atoms with E-state index in [2.05, 4.69) is 0 Å². The lowest BCUT2D eigenvalue weighted by atomic mass is 9.98. The van der Waals surface area contributed by atoms with E-state index in [-0.39, 0.29) is 48.9 Å². The van der Waals surface area contributed by atoms with Gasteiger partial charge < -0.3 is 9.47 Å². The number of esters is 1. The number of carbonyl (C=O) groups is 2. The molecule has 0 bridgehead atoms. The third-order valence-corrected chi connectivity index (χ3v) is 7.26. The molecule has 1 aliphatic heterocycles. The molecule has 2 aromatic rings. The van der Waals surface area contributed by atoms with Crippen LogP contribution < -0.4 is 4.74 Å². The van der Waals surface area contributed by atoms with Crippen molar-refractivity contribution in [2.24, 2.45) is 5.92 Å². The summed E-state index contributed by atoms with van der Waals surface area (Å²) in [6.07, 6.45) is 0.777. The van der Waals surface area contributed by atoms with Crippen molar-refractivity contribution in [1.29, 1.82) is 0 Å². The van der Waals surface area contributed by atoms with E-state index < -0.39 is 10.0 Å². The second-order valence-electron chi connectivity index (χ2n) is 7.20. The molecule has 1 saturated heterocycles. The molecule has 1 aliphatic rings. The number of benzene rings is 2. The molecular formula is C22H24ClNO6S. The summed E-state index contributed by atoms with van der Waals surface area (Å²) >= 11 is 5.83. The van der Waals surface area contributed by atoms with Crippen LogP contribution in [0.25, 0.3) is 0 Å². The molecule has 1 fully saturated rings. The average molecular weight is 466 g/mol. The van der Waals surface area contributed by atoms with Gasteiger partial charge in [0.2, 0.25) is 10.0 Å². The van der Waals surface area contributed by atoms with Crippen LogP contribution in [0, 0.1) is 5.92 Å². The molecule has 3 rings (SSSR count). The van der Waals surface area contributed by atoms with Gasteiger partial charge in [-0.15, -0.1) is 0 Å². The maximum atomic E-state index is 12.7. The van der Waals surface area contributed by atoms with Gasteiger partial charge in [-0.1, -0.05) is 23.7 Å². The van der Waals surface area contributed by atoms with Gasteiger partial charge in [0.05, 0.1) is 16.4 Å². The first kappa shape index (κ1) is 23.2. The fourth-order valence-electron chi connectivity index (χ4n) is 3.38. The maximum absolute atomic E-state index is 12.7. The normalized spacial score (nSPS) is 15.4. The van der Waals surface area contributed by atoms with Crippen LogP contribution in [0.15, 0.2) is 53.4 Å². The Morgan fingerprint density at radius 3 is 2.32 bits per heavy atom. The van der Waals surface area contributed by atoms with Crippen molar-refractivity contribution in [1.82, 2.24) is 4.31 Å². The number of hydrogen-bond acceptors (Lipinski definition) is 6. The number of carbonyl (C=O) groups excluding carboxylic acids is 2. The van der Waals surface area contributed by atoms with Crippen molar-refractivity contribution < 1.29 is 27.5 Å². The molecule has 166 valence electrons. The van der Waals surface area contributed by atoms with Gasteiger partial charge in [0.25, 0.3) is 0 Å². The lowest BCUT2D eigenvalue weighted by Crippen LogP contribution is -2.40. The molecule has 0 radical (unpaired) electrons. The van der Waals surface area contributed by atoms with E-state index in [1.54, 1.807) is 24.3 Å². The van der Waals surface area contributed by atoms with E-state index in [4.69, 9.17) is 21.1 Å². The van der Waals surface area contributed by atoms with Gasteiger partial charge in [-0.3, -0.25) is 9.59 Å². The van der Waals surface area contributed by atoms with Crippen LogP contribution in [0.1, 0.15) is 30.1 Å². The van der Waals surface area contributed by atoms with Gasteiger partial charge in [-0.2, -0.15) is 4.31 Å². The number of halogens is 1. The van der Waals surface area contributed by atoms with Crippen LogP contribution in [0.4, 0.5) is 0 Å². The molecule has 0 unspecified atom stereocenters. The van der Waals surface area contributed by atoms with Crippen molar-refractivity contribution in [3.05, 3.63) is 59.1 Å². The Morgan fingerprint density at radius 2 is 1.68 bits per heavy atom. The Bertz CT molecular complexity index is 1030. The highest BCUT2D eigenvalue weighted by Gasteiger charge is 2.32. The number of piperidine rings is 1. The van der Waals surface area contributed by atoms with Crippen molar-refractivity contribution in [2.75, 3.05) is 26.3 Å². The van der Waals surface area contributed by atoms with Crippen LogP contribution in [-0.2, 0) is 19.6 Å². The Balaban J connectivity index is 1.45. The minimum absolute atomic E-state index is 0.0500. The Labute approximate surface area is 187 Å². The number of ether oxygens (including phenoxy) is 2. The Morgan fingerprint density at radius 1 is 1.03 bits per heavy atom. The molecule has 0 atom stereocenters. The molecule has 1 heterocycles. The van der Waals surface area contributed by atoms with Gasteiger partial charge in [-0.05, 0) is 56.2 Å². The first-order valence-corrected chi connectivity index (χ1v) is 11.8. The quantitative estimate of drug-likeness (QED) is 0.336. The maximum Gasteiger partial charge on any atom is 0.309 e. The van der Waals surface area contributed by atoms with Gasteiger partial charge in [0, 0.05) is 18.1 Å². The van der Waals surface area contributed by atoms with E-state index in [1.807, 2.05) is 0 Å². The molecule has 0 aromatic heterocycles. The Kier molecular flexibility index (Phi) is 7.69. The number of rotatable bonds is 8. The van der Waals surface area contributed by atoms with Crippen molar-refractivity contribution >= 4 is 33.4 Å². The molecule has 9 heteroatoms. The van der Waals surface area contributed by atoms with Crippen molar-refractivity contribution in [2.45, 2.75) is 24.7 Å². The van der Waals surface area contributed by atoms with E-state index in [0.717, 1.165) is 0 Å². The molecule has 0 aliphatic carbocycles. The summed E-state index contributed by atoms with van der Waals surface area (Å²) in [5, 5.41) is 0.467. The van der Waals surface area contributed by atoms with Crippen molar-refractivity contribution in [3.63, 3.8) is 0 Å². The molecule has 0 amide bonds. The predicted molar refractivity (Wildman–Crippen MR) is 116 cm³/mol. The zero-order valence-electron chi connectivity index (χ0n) is 17.1. The third kappa shape index (κ3) is 5.84. The Hall–Kier alpha value is -2.42. The first-order valence-electron chi connectivity index (χ1n) is 9.94. The molecular weight excluding hydrogens is 442 g/mol. The summed E-state index contributed by atoms with van der Waals surface area (Å²) in [6.45, 7) is 2.12. The highest BCUT2D eigenvalue weighted by Crippen LogP contribution is 2.25. The predicted octanol–water partition coefficient (Wildman–Crippen LogP) is 3.57. The summed E-state index contributed by atoms with van der Waals surface area (Å²) in [5.41, 5.74) is 0.475. The number of Topliss-reactive ketones (excluding diaryl/α,β-unsaturated/α-hetero) is 1. The number of ketones is 1. The lowest BCUT2D eigenvalue weighted by Gasteiger charge is -2.30. The summed E-state index contributed by atoms with van der Waals surface area (Å²) in [5.74, 6) is -0.382. The second-order valence-corrected chi connectivity index (χ2v) is 9.57. The minimum Gasteiger partial charge on any atom is -0.489 e. The SMILES string of the molecule is CC(=O)c1ccccc1OCCOC(=O)C1CCN(S(=O)(=O)c2ccc(Cl)cc2)CC1. The summed E-state index contributed by atoms with van der Waals surface area (Å²) < 4.78 is 37.7. The summed E-state index contributed by atoms with van der Waals surface area (Å²) in [4.78, 5) is 24.1. The molecule has 0 spiro atoms. The molecule has 0 N–H and O–H groups in total. The molecule has 0 saturated carbocycles. The lowest BCUT2D eigenvalue weighted by molar-refractivity contribution is -0.150. The molecule has 7 nitrogen and oxygen atoms in total. The highest BCUT2D eigenvalue weighted by molar-refractivity contribution is 7.89. The number of nitrogens with zero attached hydrogens (tertiary/aromatic N) is 1. The van der Waals surface area contributed by atoms with Crippen LogP contribution in [0.3, 0.4) is 0 Å².